The summed E-state index contributed by atoms with van der Waals surface area (Å²) in [5, 5.41) is 1.45. The van der Waals surface area contributed by atoms with E-state index in [-0.39, 0.29) is 12.1 Å². The van der Waals surface area contributed by atoms with Gasteiger partial charge in [0.2, 0.25) is 0 Å². The number of rotatable bonds is 5. The van der Waals surface area contributed by atoms with E-state index in [9.17, 15) is 4.79 Å². The van der Waals surface area contributed by atoms with Gasteiger partial charge < -0.3 is 4.74 Å². The summed E-state index contributed by atoms with van der Waals surface area (Å²) in [7, 11) is -1.68. The van der Waals surface area contributed by atoms with E-state index in [4.69, 9.17) is 4.74 Å². The Morgan fingerprint density at radius 1 is 0.913 bits per heavy atom. The van der Waals surface area contributed by atoms with Crippen molar-refractivity contribution in [3.63, 3.8) is 0 Å². The zero-order valence-corrected chi connectivity index (χ0v) is 15.7. The predicted octanol–water partition coefficient (Wildman–Crippen LogP) is 4.57. The number of hydrogen-bond donors (Lipinski definition) is 0. The third kappa shape index (κ3) is 3.91. The molecule has 0 bridgehead atoms. The normalized spacial score (nSPS) is 14.1. The van der Waals surface area contributed by atoms with Crippen LogP contribution in [0.25, 0.3) is 0 Å². The van der Waals surface area contributed by atoms with Gasteiger partial charge in [0.15, 0.2) is 0 Å². The van der Waals surface area contributed by atoms with Gasteiger partial charge >= 0.3 is 5.97 Å². The third-order valence-electron chi connectivity index (χ3n) is 4.84. The van der Waals surface area contributed by atoms with Crippen LogP contribution in [0.3, 0.4) is 0 Å². The molecule has 2 aromatic carbocycles. The lowest BCUT2D eigenvalue weighted by atomic mass is 10.0. The smallest absolute Gasteiger partial charge is 0.303 e. The van der Waals surface area contributed by atoms with E-state index in [0.29, 0.717) is 5.54 Å². The number of ether oxygens (including phenoxy) is 1. The van der Waals surface area contributed by atoms with E-state index in [1.807, 2.05) is 13.0 Å². The monoisotopic (exact) mass is 326 g/mol. The molecule has 0 spiro atoms. The van der Waals surface area contributed by atoms with Crippen molar-refractivity contribution in [2.75, 3.05) is 0 Å². The second-order valence-corrected chi connectivity index (χ2v) is 11.6. The Hall–Kier alpha value is -1.87. The summed E-state index contributed by atoms with van der Waals surface area (Å²) in [5.41, 5.74) is 2.84. The molecule has 0 aliphatic carbocycles. The molecule has 0 unspecified atom stereocenters. The van der Waals surface area contributed by atoms with Crippen LogP contribution < -0.4 is 5.19 Å². The van der Waals surface area contributed by atoms with E-state index in [0.717, 1.165) is 5.56 Å². The lowest BCUT2D eigenvalue weighted by molar-refractivity contribution is -0.145. The standard InChI is InChI=1S/C20H26O2Si/c1-15(22-17(3)21)19-13-9-10-14-20(19)16(2)23(4,5)18-11-7-6-8-12-18/h6-16H,1-5H3/t15-,16+/m1/s1. The molecule has 2 aromatic rings. The average Bonchev–Trinajstić information content (AvgIpc) is 2.54. The fourth-order valence-electron chi connectivity index (χ4n) is 3.09. The topological polar surface area (TPSA) is 26.3 Å². The Balaban J connectivity index is 2.40. The number of carbonyl (C=O) groups is 1. The van der Waals surface area contributed by atoms with Gasteiger partial charge in [-0.05, 0) is 23.6 Å². The third-order valence-corrected chi connectivity index (χ3v) is 9.14. The largest absolute Gasteiger partial charge is 0.458 e. The summed E-state index contributed by atoms with van der Waals surface area (Å²) in [5.74, 6) is -0.237. The van der Waals surface area contributed by atoms with E-state index in [2.05, 4.69) is 68.5 Å². The van der Waals surface area contributed by atoms with Crippen LogP contribution in [-0.4, -0.2) is 14.0 Å². The lowest BCUT2D eigenvalue weighted by Gasteiger charge is -2.33. The zero-order valence-electron chi connectivity index (χ0n) is 14.7. The minimum atomic E-state index is -1.68. The first-order valence-electron chi connectivity index (χ1n) is 8.15. The lowest BCUT2D eigenvalue weighted by Crippen LogP contribution is -2.46. The van der Waals surface area contributed by atoms with Gasteiger partial charge in [-0.1, -0.05) is 79.8 Å². The molecule has 0 radical (unpaired) electrons. The van der Waals surface area contributed by atoms with Gasteiger partial charge in [0, 0.05) is 6.92 Å². The quantitative estimate of drug-likeness (QED) is 0.594. The molecular weight excluding hydrogens is 300 g/mol. The van der Waals surface area contributed by atoms with Crippen LogP contribution >= 0.6 is 0 Å². The van der Waals surface area contributed by atoms with Gasteiger partial charge in [-0.25, -0.2) is 0 Å². The van der Waals surface area contributed by atoms with Crippen LogP contribution in [0.5, 0.6) is 0 Å². The zero-order chi connectivity index (χ0) is 17.0. The van der Waals surface area contributed by atoms with E-state index >= 15 is 0 Å². The molecular formula is C20H26O2Si. The summed E-state index contributed by atoms with van der Waals surface area (Å²) in [4.78, 5) is 11.3. The summed E-state index contributed by atoms with van der Waals surface area (Å²) in [6, 6.07) is 19.1. The van der Waals surface area contributed by atoms with Gasteiger partial charge in [-0.2, -0.15) is 0 Å². The minimum absolute atomic E-state index is 0.216. The van der Waals surface area contributed by atoms with Crippen LogP contribution in [0.1, 0.15) is 43.5 Å². The molecule has 0 aliphatic rings. The van der Waals surface area contributed by atoms with Gasteiger partial charge in [0.25, 0.3) is 0 Å². The predicted molar refractivity (Wildman–Crippen MR) is 98.6 cm³/mol. The Morgan fingerprint density at radius 2 is 1.43 bits per heavy atom. The highest BCUT2D eigenvalue weighted by Crippen LogP contribution is 2.32. The molecule has 23 heavy (non-hydrogen) atoms. The van der Waals surface area contributed by atoms with Crippen molar-refractivity contribution in [2.24, 2.45) is 0 Å². The molecule has 0 aromatic heterocycles. The molecule has 0 fully saturated rings. The van der Waals surface area contributed by atoms with Crippen molar-refractivity contribution in [3.8, 4) is 0 Å². The Labute approximate surface area is 140 Å². The van der Waals surface area contributed by atoms with Crippen LogP contribution in [0, 0.1) is 0 Å². The summed E-state index contributed by atoms with van der Waals surface area (Å²) in [6.45, 7) is 10.5. The summed E-state index contributed by atoms with van der Waals surface area (Å²) >= 11 is 0. The van der Waals surface area contributed by atoms with Crippen molar-refractivity contribution in [2.45, 2.75) is 45.5 Å². The maximum absolute atomic E-state index is 11.3. The minimum Gasteiger partial charge on any atom is -0.458 e. The highest BCUT2D eigenvalue weighted by Gasteiger charge is 2.33. The number of hydrogen-bond acceptors (Lipinski definition) is 2. The Bertz CT molecular complexity index is 664. The highest BCUT2D eigenvalue weighted by molar-refractivity contribution is 6.90. The average molecular weight is 327 g/mol. The first kappa shape index (κ1) is 17.5. The Morgan fingerprint density at radius 3 is 2.00 bits per heavy atom. The molecule has 122 valence electrons. The second kappa shape index (κ2) is 7.13. The van der Waals surface area contributed by atoms with Crippen molar-refractivity contribution in [1.82, 2.24) is 0 Å². The van der Waals surface area contributed by atoms with E-state index in [1.54, 1.807) is 0 Å². The summed E-state index contributed by atoms with van der Waals surface area (Å²) in [6.07, 6.45) is -0.216. The van der Waals surface area contributed by atoms with Crippen LogP contribution in [0.15, 0.2) is 54.6 Å². The van der Waals surface area contributed by atoms with Gasteiger partial charge in [-0.3, -0.25) is 4.79 Å². The van der Waals surface area contributed by atoms with Crippen molar-refractivity contribution < 1.29 is 9.53 Å². The molecule has 2 rings (SSSR count). The van der Waals surface area contributed by atoms with Crippen LogP contribution in [-0.2, 0) is 9.53 Å². The SMILES string of the molecule is CC(=O)O[C@H](C)c1ccccc1[C@H](C)[Si](C)(C)c1ccccc1. The fourth-order valence-corrected chi connectivity index (χ4v) is 5.69. The molecule has 0 heterocycles. The summed E-state index contributed by atoms with van der Waals surface area (Å²) < 4.78 is 5.42. The maximum Gasteiger partial charge on any atom is 0.303 e. The molecule has 0 amide bonds. The number of carbonyl (C=O) groups excluding carboxylic acids is 1. The van der Waals surface area contributed by atoms with Crippen LogP contribution in [0.4, 0.5) is 0 Å². The first-order valence-corrected chi connectivity index (χ1v) is 11.2. The van der Waals surface area contributed by atoms with E-state index < -0.39 is 8.07 Å². The van der Waals surface area contributed by atoms with Gasteiger partial charge in [0.05, 0.1) is 8.07 Å². The molecule has 0 N–H and O–H groups in total. The van der Waals surface area contributed by atoms with Crippen molar-refractivity contribution in [1.29, 1.82) is 0 Å². The number of esters is 1. The fraction of sp³-hybridized carbons (Fsp3) is 0.350. The van der Waals surface area contributed by atoms with Crippen LogP contribution in [0.2, 0.25) is 13.1 Å². The van der Waals surface area contributed by atoms with Gasteiger partial charge in [0.1, 0.15) is 6.10 Å². The highest BCUT2D eigenvalue weighted by atomic mass is 28.3. The van der Waals surface area contributed by atoms with E-state index in [1.165, 1.54) is 17.7 Å². The second-order valence-electron chi connectivity index (χ2n) is 6.69. The molecule has 0 aliphatic heterocycles. The molecule has 2 nitrogen and oxygen atoms in total. The molecule has 2 atom stereocenters. The molecule has 0 saturated heterocycles. The Kier molecular flexibility index (Phi) is 5.42. The van der Waals surface area contributed by atoms with Gasteiger partial charge in [-0.15, -0.1) is 0 Å². The number of benzene rings is 2. The maximum atomic E-state index is 11.3. The van der Waals surface area contributed by atoms with Crippen molar-refractivity contribution >= 4 is 19.2 Å². The van der Waals surface area contributed by atoms with Crippen molar-refractivity contribution in [3.05, 3.63) is 65.7 Å². The molecule has 3 heteroatoms. The molecule has 0 saturated carbocycles. The first-order chi connectivity index (χ1) is 10.8.